The molecule has 2 nitrogen and oxygen atoms in total. The van der Waals surface area contributed by atoms with Crippen molar-refractivity contribution in [3.8, 4) is 0 Å². The van der Waals surface area contributed by atoms with Gasteiger partial charge in [0.2, 0.25) is 0 Å². The van der Waals surface area contributed by atoms with Gasteiger partial charge < -0.3 is 5.73 Å². The number of hydrogen-bond donors (Lipinski definition) is 1. The third-order valence-corrected chi connectivity index (χ3v) is 1.66. The van der Waals surface area contributed by atoms with Crippen LogP contribution >= 0.6 is 11.8 Å². The van der Waals surface area contributed by atoms with Gasteiger partial charge in [-0.2, -0.15) is 0 Å². The fraction of sp³-hybridized carbons (Fsp3) is 1.00. The Morgan fingerprint density at radius 1 is 1.57 bits per heavy atom. The molecule has 1 unspecified atom stereocenters. The van der Waals surface area contributed by atoms with Crippen molar-refractivity contribution in [2.75, 3.05) is 20.4 Å². The minimum atomic E-state index is 0.153. The van der Waals surface area contributed by atoms with Crippen LogP contribution in [0.1, 0.15) is 0 Å². The first-order valence-electron chi connectivity index (χ1n) is 2.13. The molecule has 0 heterocycles. The van der Waals surface area contributed by atoms with Gasteiger partial charge in [-0.1, -0.05) is 0 Å². The molecule has 0 aliphatic heterocycles. The van der Waals surface area contributed by atoms with E-state index in [1.165, 1.54) is 0 Å². The summed E-state index contributed by atoms with van der Waals surface area (Å²) in [5.74, 6) is 0. The van der Waals surface area contributed by atoms with Crippen molar-refractivity contribution < 1.29 is 0 Å². The first-order valence-corrected chi connectivity index (χ1v) is 3.42. The Kier molecular flexibility index (Phi) is 3.42. The number of hydrogen-bond acceptors (Lipinski definition) is 3. The summed E-state index contributed by atoms with van der Waals surface area (Å²) < 4.78 is 0. The van der Waals surface area contributed by atoms with Gasteiger partial charge in [0.15, 0.2) is 0 Å². The van der Waals surface area contributed by atoms with Gasteiger partial charge in [0, 0.05) is 0 Å². The van der Waals surface area contributed by atoms with Gasteiger partial charge in [0.05, 0.1) is 0 Å². The Morgan fingerprint density at radius 2 is 2.00 bits per heavy atom. The molecule has 0 bridgehead atoms. The van der Waals surface area contributed by atoms with Crippen LogP contribution in [0.25, 0.3) is 0 Å². The molecule has 0 amide bonds. The largest absolute Gasteiger partial charge is 0.307 e. The Morgan fingerprint density at radius 3 is 2.00 bits per heavy atom. The van der Waals surface area contributed by atoms with Crippen molar-refractivity contribution in [2.24, 2.45) is 5.73 Å². The van der Waals surface area contributed by atoms with Crippen molar-refractivity contribution in [2.45, 2.75) is 5.50 Å². The van der Waals surface area contributed by atoms with E-state index in [4.69, 9.17) is 5.73 Å². The van der Waals surface area contributed by atoms with Crippen LogP contribution in [0.5, 0.6) is 0 Å². The minimum absolute atomic E-state index is 0.153. The van der Waals surface area contributed by atoms with Gasteiger partial charge in [-0.05, 0) is 20.4 Å². The first-order chi connectivity index (χ1) is 3.18. The summed E-state index contributed by atoms with van der Waals surface area (Å²) in [6, 6.07) is 0. The summed E-state index contributed by atoms with van der Waals surface area (Å²) in [5.41, 5.74) is 5.66. The molecule has 0 aliphatic carbocycles. The summed E-state index contributed by atoms with van der Waals surface area (Å²) in [4.78, 5) is 1.96. The van der Waals surface area contributed by atoms with Crippen molar-refractivity contribution in [1.82, 2.24) is 4.90 Å². The molecule has 44 valence electrons. The van der Waals surface area contributed by atoms with Crippen LogP contribution in [0, 0.1) is 0 Å². The summed E-state index contributed by atoms with van der Waals surface area (Å²) in [6.07, 6.45) is 1.99. The zero-order valence-electron chi connectivity index (χ0n) is 5.01. The maximum absolute atomic E-state index is 5.50. The molecule has 0 spiro atoms. The average molecular weight is 120 g/mol. The van der Waals surface area contributed by atoms with Crippen molar-refractivity contribution >= 4 is 11.8 Å². The quantitative estimate of drug-likeness (QED) is 0.526. The third-order valence-electron chi connectivity index (χ3n) is 0.750. The van der Waals surface area contributed by atoms with E-state index in [2.05, 4.69) is 0 Å². The number of thioether (sulfide) groups is 1. The molecular weight excluding hydrogens is 108 g/mol. The molecule has 3 heteroatoms. The fourth-order valence-corrected chi connectivity index (χ4v) is 0.632. The van der Waals surface area contributed by atoms with Crippen molar-refractivity contribution in [1.29, 1.82) is 0 Å². The zero-order chi connectivity index (χ0) is 5.86. The minimum Gasteiger partial charge on any atom is -0.307 e. The van der Waals surface area contributed by atoms with Crippen LogP contribution in [0.3, 0.4) is 0 Å². The second-order valence-corrected chi connectivity index (χ2v) is 2.54. The predicted octanol–water partition coefficient (Wildman–Crippen LogP) is 0.153. The molecule has 0 radical (unpaired) electrons. The summed E-state index contributed by atoms with van der Waals surface area (Å²) >= 11 is 1.64. The Balaban J connectivity index is 3.14. The third kappa shape index (κ3) is 2.91. The van der Waals surface area contributed by atoms with Crippen LogP contribution in [0.2, 0.25) is 0 Å². The van der Waals surface area contributed by atoms with E-state index in [1.807, 2.05) is 25.3 Å². The molecule has 0 rings (SSSR count). The lowest BCUT2D eigenvalue weighted by Crippen LogP contribution is -2.32. The highest BCUT2D eigenvalue weighted by Gasteiger charge is 1.97. The van der Waals surface area contributed by atoms with E-state index < -0.39 is 0 Å². The normalized spacial score (nSPS) is 15.0. The zero-order valence-corrected chi connectivity index (χ0v) is 5.83. The lowest BCUT2D eigenvalue weighted by Gasteiger charge is -2.15. The number of nitrogens with two attached hydrogens (primary N) is 1. The van der Waals surface area contributed by atoms with Gasteiger partial charge in [-0.15, -0.1) is 11.8 Å². The monoisotopic (exact) mass is 120 g/mol. The van der Waals surface area contributed by atoms with Gasteiger partial charge in [-0.3, -0.25) is 4.90 Å². The van der Waals surface area contributed by atoms with Crippen LogP contribution in [-0.4, -0.2) is 30.7 Å². The maximum atomic E-state index is 5.50. The Labute approximate surface area is 49.1 Å². The molecule has 0 aromatic rings. The highest BCUT2D eigenvalue weighted by Crippen LogP contribution is 1.99. The van der Waals surface area contributed by atoms with E-state index >= 15 is 0 Å². The topological polar surface area (TPSA) is 29.3 Å². The smallest absolute Gasteiger partial charge is 0.105 e. The van der Waals surface area contributed by atoms with Gasteiger partial charge in [0.25, 0.3) is 0 Å². The maximum Gasteiger partial charge on any atom is 0.105 e. The number of nitrogens with zero attached hydrogens (tertiary/aromatic N) is 1. The highest BCUT2D eigenvalue weighted by molar-refractivity contribution is 7.99. The highest BCUT2D eigenvalue weighted by atomic mass is 32.2. The van der Waals surface area contributed by atoms with E-state index in [9.17, 15) is 0 Å². The van der Waals surface area contributed by atoms with Crippen molar-refractivity contribution in [3.63, 3.8) is 0 Å². The molecule has 0 saturated carbocycles. The first kappa shape index (κ1) is 7.27. The van der Waals surface area contributed by atoms with Crippen LogP contribution in [0.4, 0.5) is 0 Å². The summed E-state index contributed by atoms with van der Waals surface area (Å²) in [7, 11) is 3.92. The van der Waals surface area contributed by atoms with E-state index in [0.717, 1.165) is 0 Å². The number of rotatable bonds is 2. The SMILES string of the molecule is CSC(N)N(C)C. The van der Waals surface area contributed by atoms with Crippen molar-refractivity contribution in [3.05, 3.63) is 0 Å². The van der Waals surface area contributed by atoms with Gasteiger partial charge in [-0.25, -0.2) is 0 Å². The molecule has 0 fully saturated rings. The van der Waals surface area contributed by atoms with Crippen LogP contribution in [0.15, 0.2) is 0 Å². The van der Waals surface area contributed by atoms with Gasteiger partial charge in [0.1, 0.15) is 5.50 Å². The molecule has 7 heavy (non-hydrogen) atoms. The molecule has 0 saturated heterocycles. The van der Waals surface area contributed by atoms with Crippen LogP contribution in [-0.2, 0) is 0 Å². The Bertz CT molecular complexity index is 47.0. The Hall–Kier alpha value is 0.270. The lowest BCUT2D eigenvalue weighted by molar-refractivity contribution is 0.391. The fourth-order valence-electron chi connectivity index (χ4n) is 0.211. The molecule has 1 atom stereocenters. The molecular formula is C4H12N2S. The lowest BCUT2D eigenvalue weighted by atomic mass is 10.9. The van der Waals surface area contributed by atoms with Crippen LogP contribution < -0.4 is 5.73 Å². The molecule has 0 aromatic carbocycles. The summed E-state index contributed by atoms with van der Waals surface area (Å²) in [6.45, 7) is 0. The molecule has 0 aromatic heterocycles. The predicted molar refractivity (Wildman–Crippen MR) is 35.2 cm³/mol. The second-order valence-electron chi connectivity index (χ2n) is 1.59. The molecule has 2 N–H and O–H groups in total. The van der Waals surface area contributed by atoms with E-state index in [-0.39, 0.29) is 5.50 Å². The average Bonchev–Trinajstić information content (AvgIpc) is 1.65. The molecule has 0 aliphatic rings. The van der Waals surface area contributed by atoms with Gasteiger partial charge >= 0.3 is 0 Å². The standard InChI is InChI=1S/C4H12N2S/c1-6(2)4(5)7-3/h4H,5H2,1-3H3. The second kappa shape index (κ2) is 3.29. The van der Waals surface area contributed by atoms with E-state index in [0.29, 0.717) is 0 Å². The summed E-state index contributed by atoms with van der Waals surface area (Å²) in [5, 5.41) is 0. The van der Waals surface area contributed by atoms with E-state index in [1.54, 1.807) is 11.8 Å².